The molecule has 0 atom stereocenters. The summed E-state index contributed by atoms with van der Waals surface area (Å²) in [6.45, 7) is 2.11. The van der Waals surface area contributed by atoms with Gasteiger partial charge in [-0.15, -0.1) is 0 Å². The third-order valence-corrected chi connectivity index (χ3v) is 2.22. The normalized spacial score (nSPS) is 10.7. The van der Waals surface area contributed by atoms with E-state index in [1.807, 2.05) is 12.1 Å². The number of halogens is 1. The lowest BCUT2D eigenvalue weighted by Crippen LogP contribution is -1.89. The summed E-state index contributed by atoms with van der Waals surface area (Å²) in [6.07, 6.45) is 2.01. The van der Waals surface area contributed by atoms with E-state index in [-0.39, 0.29) is 5.82 Å². The summed E-state index contributed by atoms with van der Waals surface area (Å²) in [5.74, 6) is -0.223. The summed E-state index contributed by atoms with van der Waals surface area (Å²) in [6, 6.07) is 8.70. The number of hydrogen-bond donors (Lipinski definition) is 0. The highest BCUT2D eigenvalue weighted by Gasteiger charge is 1.98. The first-order chi connectivity index (χ1) is 6.79. The summed E-state index contributed by atoms with van der Waals surface area (Å²) in [7, 11) is 0. The van der Waals surface area contributed by atoms with E-state index in [0.717, 1.165) is 29.4 Å². The van der Waals surface area contributed by atoms with Crippen molar-refractivity contribution in [2.75, 3.05) is 0 Å². The minimum absolute atomic E-state index is 0.223. The van der Waals surface area contributed by atoms with Gasteiger partial charge in [-0.2, -0.15) is 0 Å². The van der Waals surface area contributed by atoms with Crippen LogP contribution in [0, 0.1) is 5.82 Å². The highest BCUT2D eigenvalue weighted by atomic mass is 19.1. The van der Waals surface area contributed by atoms with Crippen LogP contribution < -0.4 is 0 Å². The van der Waals surface area contributed by atoms with Gasteiger partial charge in [0.1, 0.15) is 5.82 Å². The number of rotatable bonds is 2. The lowest BCUT2D eigenvalue weighted by molar-refractivity contribution is 0.629. The molecule has 14 heavy (non-hydrogen) atoms. The number of aryl methyl sites for hydroxylation is 1. The van der Waals surface area contributed by atoms with E-state index in [0.29, 0.717) is 0 Å². The number of aromatic nitrogens is 1. The maximum atomic E-state index is 12.9. The second-order valence-electron chi connectivity index (χ2n) is 3.39. The van der Waals surface area contributed by atoms with Crippen LogP contribution in [0.1, 0.15) is 19.0 Å². The van der Waals surface area contributed by atoms with Crippen molar-refractivity contribution in [2.45, 2.75) is 19.8 Å². The van der Waals surface area contributed by atoms with Crippen LogP contribution in [0.15, 0.2) is 30.3 Å². The van der Waals surface area contributed by atoms with Crippen molar-refractivity contribution < 1.29 is 4.39 Å². The fraction of sp³-hybridized carbons (Fsp3) is 0.250. The van der Waals surface area contributed by atoms with Gasteiger partial charge in [-0.1, -0.05) is 19.4 Å². The lowest BCUT2D eigenvalue weighted by Gasteiger charge is -2.01. The van der Waals surface area contributed by atoms with Crippen molar-refractivity contribution in [2.24, 2.45) is 0 Å². The van der Waals surface area contributed by atoms with Gasteiger partial charge in [0, 0.05) is 17.1 Å². The molecule has 0 spiro atoms. The number of pyridine rings is 1. The van der Waals surface area contributed by atoms with Crippen molar-refractivity contribution in [3.8, 4) is 0 Å². The first kappa shape index (κ1) is 9.13. The second-order valence-corrected chi connectivity index (χ2v) is 3.39. The average molecular weight is 189 g/mol. The molecule has 72 valence electrons. The molecule has 2 aromatic rings. The summed E-state index contributed by atoms with van der Waals surface area (Å²) in [5.41, 5.74) is 1.78. The monoisotopic (exact) mass is 189 g/mol. The van der Waals surface area contributed by atoms with Crippen LogP contribution >= 0.6 is 0 Å². The van der Waals surface area contributed by atoms with Gasteiger partial charge < -0.3 is 0 Å². The lowest BCUT2D eigenvalue weighted by atomic mass is 10.1. The Labute approximate surface area is 82.6 Å². The van der Waals surface area contributed by atoms with Gasteiger partial charge in [0.15, 0.2) is 0 Å². The van der Waals surface area contributed by atoms with Crippen LogP contribution in [0.5, 0.6) is 0 Å². The predicted octanol–water partition coefficient (Wildman–Crippen LogP) is 3.33. The third kappa shape index (κ3) is 1.74. The summed E-state index contributed by atoms with van der Waals surface area (Å²) in [5, 5.41) is 0.992. The molecule has 1 aromatic carbocycles. The minimum Gasteiger partial charge on any atom is -0.253 e. The molecule has 0 aliphatic carbocycles. The average Bonchev–Trinajstić information content (AvgIpc) is 2.17. The zero-order valence-electron chi connectivity index (χ0n) is 8.13. The highest BCUT2D eigenvalue weighted by Crippen LogP contribution is 2.14. The Morgan fingerprint density at radius 1 is 1.21 bits per heavy atom. The molecule has 1 nitrogen and oxygen atoms in total. The maximum Gasteiger partial charge on any atom is 0.125 e. The minimum atomic E-state index is -0.223. The molecule has 2 heteroatoms. The standard InChI is InChI=1S/C12H12FN/c1-2-3-11-7-5-9-4-6-10(13)8-12(9)14-11/h4-8H,2-3H2,1H3. The summed E-state index contributed by atoms with van der Waals surface area (Å²) >= 11 is 0. The fourth-order valence-corrected chi connectivity index (χ4v) is 1.53. The van der Waals surface area contributed by atoms with Crippen molar-refractivity contribution in [3.05, 3.63) is 41.8 Å². The van der Waals surface area contributed by atoms with Crippen LogP contribution in [0.2, 0.25) is 0 Å². The van der Waals surface area contributed by atoms with E-state index < -0.39 is 0 Å². The molecule has 0 radical (unpaired) electrons. The maximum absolute atomic E-state index is 12.9. The van der Waals surface area contributed by atoms with Gasteiger partial charge >= 0.3 is 0 Å². The number of benzene rings is 1. The molecule has 0 aliphatic rings. The molecule has 0 aliphatic heterocycles. The highest BCUT2D eigenvalue weighted by molar-refractivity contribution is 5.78. The van der Waals surface area contributed by atoms with E-state index in [1.165, 1.54) is 12.1 Å². The van der Waals surface area contributed by atoms with Gasteiger partial charge in [0.05, 0.1) is 5.52 Å². The SMILES string of the molecule is CCCc1ccc2ccc(F)cc2n1. The first-order valence-electron chi connectivity index (χ1n) is 4.85. The number of hydrogen-bond acceptors (Lipinski definition) is 1. The van der Waals surface area contributed by atoms with Crippen LogP contribution in [-0.4, -0.2) is 4.98 Å². The Balaban J connectivity index is 2.52. The van der Waals surface area contributed by atoms with Crippen molar-refractivity contribution >= 4 is 10.9 Å². The first-order valence-corrected chi connectivity index (χ1v) is 4.85. The largest absolute Gasteiger partial charge is 0.253 e. The Bertz CT molecular complexity index is 451. The second kappa shape index (κ2) is 3.74. The van der Waals surface area contributed by atoms with E-state index in [9.17, 15) is 4.39 Å². The molecule has 1 aromatic heterocycles. The van der Waals surface area contributed by atoms with Crippen molar-refractivity contribution in [3.63, 3.8) is 0 Å². The van der Waals surface area contributed by atoms with Gasteiger partial charge in [-0.05, 0) is 24.6 Å². The van der Waals surface area contributed by atoms with E-state index in [1.54, 1.807) is 6.07 Å². The summed E-state index contributed by atoms with van der Waals surface area (Å²) < 4.78 is 12.9. The zero-order valence-corrected chi connectivity index (χ0v) is 8.13. The van der Waals surface area contributed by atoms with Gasteiger partial charge in [0.2, 0.25) is 0 Å². The van der Waals surface area contributed by atoms with Gasteiger partial charge in [-0.25, -0.2) is 4.39 Å². The van der Waals surface area contributed by atoms with Crippen LogP contribution in [-0.2, 0) is 6.42 Å². The third-order valence-electron chi connectivity index (χ3n) is 2.22. The smallest absolute Gasteiger partial charge is 0.125 e. The van der Waals surface area contributed by atoms with Gasteiger partial charge in [0.25, 0.3) is 0 Å². The number of nitrogens with zero attached hydrogens (tertiary/aromatic N) is 1. The molecule has 0 unspecified atom stereocenters. The molecule has 0 N–H and O–H groups in total. The van der Waals surface area contributed by atoms with Crippen LogP contribution in [0.25, 0.3) is 10.9 Å². The Morgan fingerprint density at radius 2 is 2.00 bits per heavy atom. The van der Waals surface area contributed by atoms with E-state index >= 15 is 0 Å². The Kier molecular flexibility index (Phi) is 2.44. The topological polar surface area (TPSA) is 12.9 Å². The van der Waals surface area contributed by atoms with Crippen LogP contribution in [0.3, 0.4) is 0 Å². The molecule has 0 saturated carbocycles. The van der Waals surface area contributed by atoms with Crippen molar-refractivity contribution in [1.82, 2.24) is 4.98 Å². The fourth-order valence-electron chi connectivity index (χ4n) is 1.53. The van der Waals surface area contributed by atoms with Crippen LogP contribution in [0.4, 0.5) is 4.39 Å². The molecule has 2 rings (SSSR count). The zero-order chi connectivity index (χ0) is 9.97. The van der Waals surface area contributed by atoms with Gasteiger partial charge in [-0.3, -0.25) is 4.98 Å². The van der Waals surface area contributed by atoms with Crippen molar-refractivity contribution in [1.29, 1.82) is 0 Å². The molecule has 0 fully saturated rings. The predicted molar refractivity (Wildman–Crippen MR) is 55.7 cm³/mol. The number of fused-ring (bicyclic) bond motifs is 1. The van der Waals surface area contributed by atoms with E-state index in [4.69, 9.17) is 0 Å². The summed E-state index contributed by atoms with van der Waals surface area (Å²) in [4.78, 5) is 4.39. The molecule has 0 bridgehead atoms. The molecule has 1 heterocycles. The molecular formula is C12H12FN. The molecule has 0 saturated heterocycles. The Hall–Kier alpha value is -1.44. The van der Waals surface area contributed by atoms with E-state index in [2.05, 4.69) is 11.9 Å². The molecular weight excluding hydrogens is 177 g/mol. The molecule has 0 amide bonds. The Morgan fingerprint density at radius 3 is 2.79 bits per heavy atom. The quantitative estimate of drug-likeness (QED) is 0.706.